The number of aromatic hydroxyl groups is 4. The van der Waals surface area contributed by atoms with E-state index in [9.17, 15) is 25.2 Å². The van der Waals surface area contributed by atoms with Gasteiger partial charge >= 0.3 is 0 Å². The number of Topliss-reactive ketones (excluding diaryl/α,β-unsaturated/α-hetero) is 1. The molecule has 21 heavy (non-hydrogen) atoms. The average molecular weight is 286 g/mol. The van der Waals surface area contributed by atoms with E-state index in [1.165, 1.54) is 36.4 Å². The van der Waals surface area contributed by atoms with Gasteiger partial charge in [-0.1, -0.05) is 6.07 Å². The molecule has 0 radical (unpaired) electrons. The molecule has 1 aliphatic heterocycles. The summed E-state index contributed by atoms with van der Waals surface area (Å²) in [5, 5.41) is 37.8. The number of carbonyl (C=O) groups excluding carboxylic acids is 1. The molecule has 106 valence electrons. The summed E-state index contributed by atoms with van der Waals surface area (Å²) in [5.74, 6) is -2.25. The topological polar surface area (TPSA) is 107 Å². The number of ether oxygens (including phenoxy) is 1. The van der Waals surface area contributed by atoms with E-state index in [0.29, 0.717) is 0 Å². The van der Waals surface area contributed by atoms with Gasteiger partial charge in [0.05, 0.1) is 5.56 Å². The van der Waals surface area contributed by atoms with Gasteiger partial charge in [0.2, 0.25) is 5.78 Å². The van der Waals surface area contributed by atoms with Crippen LogP contribution in [0.1, 0.15) is 15.9 Å². The van der Waals surface area contributed by atoms with Gasteiger partial charge in [0.25, 0.3) is 0 Å². The van der Waals surface area contributed by atoms with Crippen molar-refractivity contribution in [1.29, 1.82) is 0 Å². The van der Waals surface area contributed by atoms with E-state index in [1.54, 1.807) is 0 Å². The third kappa shape index (κ3) is 2.02. The van der Waals surface area contributed by atoms with E-state index < -0.39 is 23.0 Å². The van der Waals surface area contributed by atoms with Crippen LogP contribution in [0.5, 0.6) is 28.7 Å². The minimum absolute atomic E-state index is 0.0593. The lowest BCUT2D eigenvalue weighted by atomic mass is 10.1. The molecule has 0 fully saturated rings. The molecule has 3 rings (SSSR count). The summed E-state index contributed by atoms with van der Waals surface area (Å²) in [7, 11) is 0. The van der Waals surface area contributed by atoms with Crippen molar-refractivity contribution >= 4 is 11.9 Å². The maximum atomic E-state index is 12.1. The van der Waals surface area contributed by atoms with Gasteiger partial charge in [-0.05, 0) is 35.9 Å². The van der Waals surface area contributed by atoms with Crippen molar-refractivity contribution in [2.24, 2.45) is 0 Å². The number of phenols is 4. The molecule has 0 aromatic heterocycles. The molecule has 4 N–H and O–H groups in total. The van der Waals surface area contributed by atoms with Crippen molar-refractivity contribution in [3.05, 3.63) is 47.2 Å². The lowest BCUT2D eigenvalue weighted by Crippen LogP contribution is -1.97. The number of benzene rings is 2. The average Bonchev–Trinajstić information content (AvgIpc) is 2.75. The number of rotatable bonds is 1. The molecule has 6 nitrogen and oxygen atoms in total. The molecule has 0 amide bonds. The van der Waals surface area contributed by atoms with E-state index in [2.05, 4.69) is 0 Å². The molecule has 0 atom stereocenters. The number of carbonyl (C=O) groups is 1. The highest BCUT2D eigenvalue weighted by Crippen LogP contribution is 2.40. The third-order valence-corrected chi connectivity index (χ3v) is 3.06. The minimum atomic E-state index is -0.642. The lowest BCUT2D eigenvalue weighted by Gasteiger charge is -2.03. The first-order chi connectivity index (χ1) is 9.97. The summed E-state index contributed by atoms with van der Waals surface area (Å²) < 4.78 is 5.30. The normalized spacial score (nSPS) is 15.0. The monoisotopic (exact) mass is 286 g/mol. The molecule has 0 aliphatic carbocycles. The van der Waals surface area contributed by atoms with E-state index in [0.717, 1.165) is 0 Å². The van der Waals surface area contributed by atoms with Crippen molar-refractivity contribution < 1.29 is 30.0 Å². The summed E-state index contributed by atoms with van der Waals surface area (Å²) in [6.07, 6.45) is 1.29. The molecule has 6 heteroatoms. The van der Waals surface area contributed by atoms with Crippen LogP contribution in [0.4, 0.5) is 0 Å². The predicted octanol–water partition coefficient (Wildman–Crippen LogP) is 2.13. The molecule has 0 spiro atoms. The lowest BCUT2D eigenvalue weighted by molar-refractivity contribution is 0.101. The van der Waals surface area contributed by atoms with Crippen molar-refractivity contribution in [1.82, 2.24) is 0 Å². The summed E-state index contributed by atoms with van der Waals surface area (Å²) in [5.41, 5.74) is 0.493. The van der Waals surface area contributed by atoms with Crippen LogP contribution in [-0.2, 0) is 0 Å². The van der Waals surface area contributed by atoms with Crippen LogP contribution in [0.3, 0.4) is 0 Å². The zero-order valence-corrected chi connectivity index (χ0v) is 10.6. The summed E-state index contributed by atoms with van der Waals surface area (Å²) in [4.78, 5) is 12.1. The van der Waals surface area contributed by atoms with Crippen molar-refractivity contribution in [3.63, 3.8) is 0 Å². The quantitative estimate of drug-likeness (QED) is 0.472. The Bertz CT molecular complexity index is 768. The number of ketones is 1. The Morgan fingerprint density at radius 2 is 1.62 bits per heavy atom. The van der Waals surface area contributed by atoms with Crippen LogP contribution in [0.2, 0.25) is 0 Å². The highest BCUT2D eigenvalue weighted by atomic mass is 16.5. The summed E-state index contributed by atoms with van der Waals surface area (Å²) in [6.45, 7) is 0. The zero-order valence-electron chi connectivity index (χ0n) is 10.6. The summed E-state index contributed by atoms with van der Waals surface area (Å²) >= 11 is 0. The maximum absolute atomic E-state index is 12.1. The van der Waals surface area contributed by atoms with E-state index in [1.807, 2.05) is 0 Å². The highest BCUT2D eigenvalue weighted by Gasteiger charge is 2.29. The number of phenolic OH excluding ortho intramolecular Hbond substituents is 4. The Morgan fingerprint density at radius 1 is 0.952 bits per heavy atom. The number of fused-ring (bicyclic) bond motifs is 1. The van der Waals surface area contributed by atoms with Crippen LogP contribution in [0.25, 0.3) is 6.08 Å². The SMILES string of the molecule is O=C1/C(=C/c2cc(O)c(O)c(O)c2)Oc2c(O)cccc21. The Kier molecular flexibility index (Phi) is 2.72. The standard InChI is InChI=1S/C15H10O6/c16-9-3-1-2-8-13(19)12(21-15(8)9)6-7-4-10(17)14(20)11(18)5-7/h1-6,16-18,20H/b12-6-. The fourth-order valence-electron chi connectivity index (χ4n) is 2.05. The van der Waals surface area contributed by atoms with Gasteiger partial charge in [-0.3, -0.25) is 4.79 Å². The molecule has 0 unspecified atom stereocenters. The van der Waals surface area contributed by atoms with Crippen molar-refractivity contribution in [3.8, 4) is 28.7 Å². The molecule has 0 saturated heterocycles. The first kappa shape index (κ1) is 12.9. The van der Waals surface area contributed by atoms with Crippen molar-refractivity contribution in [2.45, 2.75) is 0 Å². The van der Waals surface area contributed by atoms with Crippen LogP contribution in [-0.4, -0.2) is 26.2 Å². The Morgan fingerprint density at radius 3 is 2.24 bits per heavy atom. The van der Waals surface area contributed by atoms with Gasteiger partial charge in [-0.15, -0.1) is 0 Å². The second-order valence-corrected chi connectivity index (χ2v) is 4.50. The Hall–Kier alpha value is -3.15. The number of hydrogen-bond donors (Lipinski definition) is 4. The van der Waals surface area contributed by atoms with Crippen LogP contribution in [0, 0.1) is 0 Å². The molecule has 0 saturated carbocycles. The first-order valence-electron chi connectivity index (χ1n) is 5.98. The Labute approximate surface area is 118 Å². The minimum Gasteiger partial charge on any atom is -0.504 e. The smallest absolute Gasteiger partial charge is 0.232 e. The molecule has 1 heterocycles. The third-order valence-electron chi connectivity index (χ3n) is 3.06. The zero-order chi connectivity index (χ0) is 15.1. The van der Waals surface area contributed by atoms with Crippen molar-refractivity contribution in [2.75, 3.05) is 0 Å². The molecule has 2 aromatic rings. The second-order valence-electron chi connectivity index (χ2n) is 4.50. The predicted molar refractivity (Wildman–Crippen MR) is 72.5 cm³/mol. The first-order valence-corrected chi connectivity index (χ1v) is 5.98. The molecule has 1 aliphatic rings. The highest BCUT2D eigenvalue weighted by molar-refractivity contribution is 6.15. The van der Waals surface area contributed by atoms with Crippen LogP contribution >= 0.6 is 0 Å². The van der Waals surface area contributed by atoms with E-state index >= 15 is 0 Å². The van der Waals surface area contributed by atoms with E-state index in [-0.39, 0.29) is 28.4 Å². The fourth-order valence-corrected chi connectivity index (χ4v) is 2.05. The number of para-hydroxylation sites is 1. The molecular formula is C15H10O6. The maximum Gasteiger partial charge on any atom is 0.232 e. The molecule has 0 bridgehead atoms. The van der Waals surface area contributed by atoms with Crippen LogP contribution < -0.4 is 4.74 Å². The van der Waals surface area contributed by atoms with Gasteiger partial charge in [-0.25, -0.2) is 0 Å². The molecule has 2 aromatic carbocycles. The van der Waals surface area contributed by atoms with Gasteiger partial charge < -0.3 is 25.2 Å². The fraction of sp³-hybridized carbons (Fsp3) is 0. The number of hydrogen-bond acceptors (Lipinski definition) is 6. The van der Waals surface area contributed by atoms with Gasteiger partial charge in [0.1, 0.15) is 0 Å². The Balaban J connectivity index is 2.04. The van der Waals surface area contributed by atoms with Crippen LogP contribution in [0.15, 0.2) is 36.1 Å². The van der Waals surface area contributed by atoms with Gasteiger partial charge in [0.15, 0.2) is 34.5 Å². The largest absolute Gasteiger partial charge is 0.504 e. The summed E-state index contributed by atoms with van der Waals surface area (Å²) in [6, 6.07) is 6.77. The second kappa shape index (κ2) is 4.45. The molecular weight excluding hydrogens is 276 g/mol. The van der Waals surface area contributed by atoms with Gasteiger partial charge in [-0.2, -0.15) is 0 Å². The van der Waals surface area contributed by atoms with Gasteiger partial charge in [0, 0.05) is 0 Å². The van der Waals surface area contributed by atoms with E-state index in [4.69, 9.17) is 4.74 Å². The number of allylic oxidation sites excluding steroid dienone is 1.